The molecular formula is C16H13ClN4O3S2. The number of carbonyl (C=O) groups is 1. The molecule has 26 heavy (non-hydrogen) atoms. The lowest BCUT2D eigenvalue weighted by molar-refractivity contribution is -0.117. The zero-order valence-corrected chi connectivity index (χ0v) is 15.7. The number of hydrogen-bond donors (Lipinski definition) is 1. The van der Waals surface area contributed by atoms with Crippen molar-refractivity contribution in [1.29, 1.82) is 0 Å². The van der Waals surface area contributed by atoms with E-state index in [0.29, 0.717) is 34.7 Å². The van der Waals surface area contributed by atoms with Crippen LogP contribution in [0.1, 0.15) is 12.8 Å². The number of sulfonamides is 1. The zero-order valence-electron chi connectivity index (χ0n) is 13.3. The summed E-state index contributed by atoms with van der Waals surface area (Å²) in [5, 5.41) is 0.367. The van der Waals surface area contributed by atoms with E-state index in [2.05, 4.69) is 13.5 Å². The monoisotopic (exact) mass is 408 g/mol. The van der Waals surface area contributed by atoms with Crippen molar-refractivity contribution in [3.63, 3.8) is 0 Å². The molecule has 1 N–H and O–H groups in total. The Bertz CT molecular complexity index is 1110. The predicted molar refractivity (Wildman–Crippen MR) is 101 cm³/mol. The van der Waals surface area contributed by atoms with Gasteiger partial charge in [-0.05, 0) is 36.8 Å². The third-order valence-electron chi connectivity index (χ3n) is 4.11. The first kappa shape index (κ1) is 17.2. The fourth-order valence-electron chi connectivity index (χ4n) is 2.93. The SMILES string of the molecule is O=C1CCCN1c1ccc(Cl)cc1NS(=O)(=O)c1cccc2nsnc12. The molecule has 4 rings (SSSR count). The van der Waals surface area contributed by atoms with Crippen LogP contribution >= 0.6 is 23.3 Å². The molecule has 0 radical (unpaired) electrons. The fraction of sp³-hybridized carbons (Fsp3) is 0.188. The van der Waals surface area contributed by atoms with Gasteiger partial charge in [0.25, 0.3) is 10.0 Å². The number of anilines is 2. The maximum atomic E-state index is 13.0. The maximum absolute atomic E-state index is 13.0. The molecule has 0 aliphatic carbocycles. The highest BCUT2D eigenvalue weighted by Gasteiger charge is 2.27. The summed E-state index contributed by atoms with van der Waals surface area (Å²) in [6.45, 7) is 0.542. The summed E-state index contributed by atoms with van der Waals surface area (Å²) in [5.41, 5.74) is 1.57. The Hall–Kier alpha value is -2.23. The fourth-order valence-corrected chi connectivity index (χ4v) is 4.93. The van der Waals surface area contributed by atoms with Gasteiger partial charge in [-0.1, -0.05) is 17.7 Å². The summed E-state index contributed by atoms with van der Waals surface area (Å²) in [5.74, 6) is -0.0430. The molecule has 0 atom stereocenters. The first-order chi connectivity index (χ1) is 12.5. The Balaban J connectivity index is 1.78. The lowest BCUT2D eigenvalue weighted by atomic mass is 10.2. The Morgan fingerprint density at radius 3 is 2.81 bits per heavy atom. The van der Waals surface area contributed by atoms with Crippen LogP contribution in [-0.4, -0.2) is 29.6 Å². The van der Waals surface area contributed by atoms with E-state index in [1.54, 1.807) is 29.2 Å². The molecule has 3 aromatic rings. The van der Waals surface area contributed by atoms with E-state index < -0.39 is 10.0 Å². The van der Waals surface area contributed by atoms with Gasteiger partial charge in [-0.25, -0.2) is 8.42 Å². The molecule has 1 aliphatic rings. The van der Waals surface area contributed by atoms with Gasteiger partial charge in [-0.15, -0.1) is 0 Å². The van der Waals surface area contributed by atoms with Crippen LogP contribution in [0.25, 0.3) is 11.0 Å². The van der Waals surface area contributed by atoms with Crippen molar-refractivity contribution >= 4 is 61.7 Å². The number of rotatable bonds is 4. The summed E-state index contributed by atoms with van der Waals surface area (Å²) in [4.78, 5) is 13.7. The van der Waals surface area contributed by atoms with Crippen molar-refractivity contribution in [3.8, 4) is 0 Å². The van der Waals surface area contributed by atoms with E-state index in [0.717, 1.165) is 18.1 Å². The summed E-state index contributed by atoms with van der Waals surface area (Å²) < 4.78 is 36.6. The minimum atomic E-state index is -3.94. The van der Waals surface area contributed by atoms with Crippen LogP contribution in [0.3, 0.4) is 0 Å². The number of amides is 1. The van der Waals surface area contributed by atoms with E-state index in [1.807, 2.05) is 0 Å². The molecule has 0 bridgehead atoms. The third kappa shape index (κ3) is 3.02. The first-order valence-electron chi connectivity index (χ1n) is 7.80. The largest absolute Gasteiger partial charge is 0.310 e. The highest BCUT2D eigenvalue weighted by Crippen LogP contribution is 2.34. The number of hydrogen-bond acceptors (Lipinski definition) is 6. The van der Waals surface area contributed by atoms with E-state index in [-0.39, 0.29) is 16.5 Å². The number of carbonyl (C=O) groups excluding carboxylic acids is 1. The Morgan fingerprint density at radius 2 is 2.04 bits per heavy atom. The smallest absolute Gasteiger partial charge is 0.264 e. The highest BCUT2D eigenvalue weighted by atomic mass is 35.5. The molecule has 1 amide bonds. The quantitative estimate of drug-likeness (QED) is 0.715. The average Bonchev–Trinajstić information content (AvgIpc) is 3.23. The van der Waals surface area contributed by atoms with Crippen molar-refractivity contribution in [1.82, 2.24) is 8.75 Å². The van der Waals surface area contributed by atoms with Crippen molar-refractivity contribution in [3.05, 3.63) is 41.4 Å². The molecule has 134 valence electrons. The number of nitrogens with zero attached hydrogens (tertiary/aromatic N) is 3. The molecule has 10 heteroatoms. The minimum Gasteiger partial charge on any atom is -0.310 e. The molecule has 0 unspecified atom stereocenters. The van der Waals surface area contributed by atoms with Gasteiger partial charge in [0.1, 0.15) is 15.9 Å². The summed E-state index contributed by atoms with van der Waals surface area (Å²) >= 11 is 7.00. The molecule has 1 aromatic heterocycles. The third-order valence-corrected chi connectivity index (χ3v) is 6.28. The molecule has 0 saturated carbocycles. The summed E-state index contributed by atoms with van der Waals surface area (Å²) in [7, 11) is -3.94. The van der Waals surface area contributed by atoms with E-state index >= 15 is 0 Å². The normalized spacial score (nSPS) is 15.0. The molecular weight excluding hydrogens is 396 g/mol. The number of fused-ring (bicyclic) bond motifs is 1. The van der Waals surface area contributed by atoms with Crippen molar-refractivity contribution < 1.29 is 13.2 Å². The second kappa shape index (κ2) is 6.49. The predicted octanol–water partition coefficient (Wildman–Crippen LogP) is 3.27. The Kier molecular flexibility index (Phi) is 4.29. The van der Waals surface area contributed by atoms with Gasteiger partial charge < -0.3 is 4.90 Å². The second-order valence-corrected chi connectivity index (χ2v) is 8.42. The van der Waals surface area contributed by atoms with Crippen molar-refractivity contribution in [2.75, 3.05) is 16.2 Å². The lowest BCUT2D eigenvalue weighted by Crippen LogP contribution is -2.25. The van der Waals surface area contributed by atoms with Gasteiger partial charge in [-0.2, -0.15) is 8.75 Å². The van der Waals surface area contributed by atoms with Crippen molar-refractivity contribution in [2.24, 2.45) is 0 Å². The maximum Gasteiger partial charge on any atom is 0.264 e. The Morgan fingerprint density at radius 1 is 1.19 bits per heavy atom. The number of benzene rings is 2. The van der Waals surface area contributed by atoms with Crippen LogP contribution < -0.4 is 9.62 Å². The van der Waals surface area contributed by atoms with Crippen LogP contribution in [0, 0.1) is 0 Å². The first-order valence-corrected chi connectivity index (χ1v) is 10.4. The summed E-state index contributed by atoms with van der Waals surface area (Å²) in [6.07, 6.45) is 1.18. The van der Waals surface area contributed by atoms with E-state index in [1.165, 1.54) is 12.1 Å². The van der Waals surface area contributed by atoms with Crippen LogP contribution in [0.4, 0.5) is 11.4 Å². The van der Waals surface area contributed by atoms with Gasteiger partial charge in [0, 0.05) is 18.0 Å². The van der Waals surface area contributed by atoms with Crippen LogP contribution in [0.5, 0.6) is 0 Å². The molecule has 1 aliphatic heterocycles. The van der Waals surface area contributed by atoms with E-state index in [9.17, 15) is 13.2 Å². The van der Waals surface area contributed by atoms with Gasteiger partial charge in [0.2, 0.25) is 5.91 Å². The average molecular weight is 409 g/mol. The molecule has 2 heterocycles. The highest BCUT2D eigenvalue weighted by molar-refractivity contribution is 7.93. The van der Waals surface area contributed by atoms with Gasteiger partial charge in [-0.3, -0.25) is 9.52 Å². The van der Waals surface area contributed by atoms with E-state index in [4.69, 9.17) is 11.6 Å². The number of nitrogens with one attached hydrogen (secondary N) is 1. The number of aromatic nitrogens is 2. The van der Waals surface area contributed by atoms with Gasteiger partial charge in [0.15, 0.2) is 0 Å². The molecule has 1 fully saturated rings. The minimum absolute atomic E-state index is 0.0300. The van der Waals surface area contributed by atoms with Crippen LogP contribution in [0.15, 0.2) is 41.3 Å². The zero-order chi connectivity index (χ0) is 18.3. The Labute approximate surface area is 159 Å². The molecule has 0 spiro atoms. The second-order valence-electron chi connectivity index (χ2n) is 5.80. The topological polar surface area (TPSA) is 92.3 Å². The summed E-state index contributed by atoms with van der Waals surface area (Å²) in [6, 6.07) is 9.56. The lowest BCUT2D eigenvalue weighted by Gasteiger charge is -2.20. The van der Waals surface area contributed by atoms with Crippen molar-refractivity contribution in [2.45, 2.75) is 17.7 Å². The van der Waals surface area contributed by atoms with Gasteiger partial charge in [0.05, 0.1) is 23.1 Å². The molecule has 2 aromatic carbocycles. The molecule has 1 saturated heterocycles. The standard InChI is InChI=1S/C16H13ClN4O3S2/c17-10-6-7-13(21-8-2-5-15(21)22)12(9-10)20-26(23,24)14-4-1-3-11-16(14)19-25-18-11/h1,3-4,6-7,9,20H,2,5,8H2. The van der Waals surface area contributed by atoms with Crippen LogP contribution in [-0.2, 0) is 14.8 Å². The number of halogens is 1. The van der Waals surface area contributed by atoms with Gasteiger partial charge >= 0.3 is 0 Å². The molecule has 7 nitrogen and oxygen atoms in total. The van der Waals surface area contributed by atoms with Crippen LogP contribution in [0.2, 0.25) is 5.02 Å².